The Morgan fingerprint density at radius 2 is 1.84 bits per heavy atom. The minimum atomic E-state index is -3.59. The number of aliphatic hydroxyl groups excluding tert-OH is 1. The third-order valence-corrected chi connectivity index (χ3v) is 6.27. The highest BCUT2D eigenvalue weighted by Crippen LogP contribution is 2.30. The molecule has 0 amide bonds. The number of aliphatic hydroxyl groups is 1. The maximum absolute atomic E-state index is 12.8. The third kappa shape index (κ3) is 2.88. The molecular weight excluding hydrogens is 336 g/mol. The predicted molar refractivity (Wildman–Crippen MR) is 96.5 cm³/mol. The van der Waals surface area contributed by atoms with Crippen LogP contribution in [0.5, 0.6) is 0 Å². The van der Waals surface area contributed by atoms with Crippen LogP contribution in [0.3, 0.4) is 0 Å². The van der Waals surface area contributed by atoms with Crippen molar-refractivity contribution >= 4 is 26.4 Å². The SMILES string of the molecule is O=S(=O)(c1ccccc1)c1cnc2c(N3CC[C@H](O)C3)cccc2c1. The maximum atomic E-state index is 12.8. The van der Waals surface area contributed by atoms with E-state index >= 15 is 0 Å². The van der Waals surface area contributed by atoms with Crippen molar-refractivity contribution in [1.29, 1.82) is 0 Å². The molecule has 25 heavy (non-hydrogen) atoms. The molecule has 0 radical (unpaired) electrons. The van der Waals surface area contributed by atoms with Gasteiger partial charge >= 0.3 is 0 Å². The fraction of sp³-hybridized carbons (Fsp3) is 0.211. The van der Waals surface area contributed by atoms with Crippen LogP contribution in [0.1, 0.15) is 6.42 Å². The van der Waals surface area contributed by atoms with Crippen molar-refractivity contribution in [2.75, 3.05) is 18.0 Å². The van der Waals surface area contributed by atoms with Crippen LogP contribution < -0.4 is 4.90 Å². The Balaban J connectivity index is 1.79. The third-order valence-electron chi connectivity index (χ3n) is 4.53. The summed E-state index contributed by atoms with van der Waals surface area (Å²) in [5.41, 5.74) is 1.68. The molecule has 0 spiro atoms. The number of aromatic nitrogens is 1. The first-order valence-electron chi connectivity index (χ1n) is 8.17. The van der Waals surface area contributed by atoms with E-state index in [0.717, 1.165) is 29.6 Å². The van der Waals surface area contributed by atoms with Crippen LogP contribution in [0.15, 0.2) is 70.6 Å². The summed E-state index contributed by atoms with van der Waals surface area (Å²) in [6.45, 7) is 1.34. The smallest absolute Gasteiger partial charge is 0.208 e. The minimum Gasteiger partial charge on any atom is -0.391 e. The Labute approximate surface area is 146 Å². The zero-order valence-corrected chi connectivity index (χ0v) is 14.4. The first-order valence-corrected chi connectivity index (χ1v) is 9.66. The Hall–Kier alpha value is -2.44. The van der Waals surface area contributed by atoms with Crippen LogP contribution in [0.25, 0.3) is 10.9 Å². The van der Waals surface area contributed by atoms with E-state index in [9.17, 15) is 13.5 Å². The van der Waals surface area contributed by atoms with Gasteiger partial charge in [0.2, 0.25) is 9.84 Å². The van der Waals surface area contributed by atoms with Crippen LogP contribution in [0.2, 0.25) is 0 Å². The lowest BCUT2D eigenvalue weighted by atomic mass is 10.2. The van der Waals surface area contributed by atoms with Gasteiger partial charge in [0, 0.05) is 24.7 Å². The minimum absolute atomic E-state index is 0.185. The number of benzene rings is 2. The number of anilines is 1. The van der Waals surface area contributed by atoms with Crippen LogP contribution in [0.4, 0.5) is 5.69 Å². The fourth-order valence-electron chi connectivity index (χ4n) is 3.22. The van der Waals surface area contributed by atoms with E-state index in [1.807, 2.05) is 18.2 Å². The Bertz CT molecular complexity index is 1020. The summed E-state index contributed by atoms with van der Waals surface area (Å²) in [5.74, 6) is 0. The molecule has 1 N–H and O–H groups in total. The average molecular weight is 354 g/mol. The molecule has 5 nitrogen and oxygen atoms in total. The standard InChI is InChI=1S/C19H18N2O3S/c22-15-9-10-21(13-15)18-8-4-5-14-11-17(12-20-19(14)18)25(23,24)16-6-2-1-3-7-16/h1-8,11-12,15,22H,9-10,13H2/t15-/m0/s1. The number of pyridine rings is 1. The van der Waals surface area contributed by atoms with Crippen LogP contribution in [0, 0.1) is 0 Å². The molecule has 0 saturated carbocycles. The molecule has 2 aromatic carbocycles. The van der Waals surface area contributed by atoms with E-state index in [1.165, 1.54) is 6.20 Å². The van der Waals surface area contributed by atoms with Crippen LogP contribution in [-0.2, 0) is 9.84 Å². The number of fused-ring (bicyclic) bond motifs is 1. The maximum Gasteiger partial charge on any atom is 0.208 e. The highest BCUT2D eigenvalue weighted by Gasteiger charge is 2.23. The second kappa shape index (κ2) is 6.13. The molecule has 3 aromatic rings. The summed E-state index contributed by atoms with van der Waals surface area (Å²) < 4.78 is 25.6. The van der Waals surface area contributed by atoms with E-state index in [-0.39, 0.29) is 15.9 Å². The number of nitrogens with zero attached hydrogens (tertiary/aromatic N) is 2. The van der Waals surface area contributed by atoms with Gasteiger partial charge in [-0.1, -0.05) is 30.3 Å². The zero-order chi connectivity index (χ0) is 17.4. The second-order valence-electron chi connectivity index (χ2n) is 6.22. The quantitative estimate of drug-likeness (QED) is 0.783. The number of rotatable bonds is 3. The largest absolute Gasteiger partial charge is 0.391 e. The van der Waals surface area contributed by atoms with E-state index in [2.05, 4.69) is 9.88 Å². The molecule has 1 atom stereocenters. The van der Waals surface area contributed by atoms with Crippen molar-refractivity contribution in [2.45, 2.75) is 22.3 Å². The summed E-state index contributed by atoms with van der Waals surface area (Å²) >= 11 is 0. The van der Waals surface area contributed by atoms with Crippen molar-refractivity contribution < 1.29 is 13.5 Å². The lowest BCUT2D eigenvalue weighted by molar-refractivity contribution is 0.198. The van der Waals surface area contributed by atoms with E-state index in [0.29, 0.717) is 6.54 Å². The number of β-amino-alcohol motifs (C(OH)–C–C–N with tert-alkyl or cyclic N) is 1. The van der Waals surface area contributed by atoms with Gasteiger partial charge in [0.05, 0.1) is 27.1 Å². The Morgan fingerprint density at radius 1 is 1.04 bits per heavy atom. The number of hydrogen-bond acceptors (Lipinski definition) is 5. The van der Waals surface area contributed by atoms with Crippen molar-refractivity contribution in [3.05, 3.63) is 60.8 Å². The highest BCUT2D eigenvalue weighted by atomic mass is 32.2. The summed E-state index contributed by atoms with van der Waals surface area (Å²) in [6.07, 6.45) is 1.82. The van der Waals surface area contributed by atoms with Crippen LogP contribution >= 0.6 is 0 Å². The van der Waals surface area contributed by atoms with Gasteiger partial charge < -0.3 is 10.0 Å². The van der Waals surface area contributed by atoms with Crippen LogP contribution in [-0.4, -0.2) is 37.7 Å². The summed E-state index contributed by atoms with van der Waals surface area (Å²) in [5, 5.41) is 10.5. The Kier molecular flexibility index (Phi) is 3.94. The molecule has 0 bridgehead atoms. The normalized spacial score (nSPS) is 18.0. The summed E-state index contributed by atoms with van der Waals surface area (Å²) in [6, 6.07) is 15.7. The molecule has 6 heteroatoms. The zero-order valence-electron chi connectivity index (χ0n) is 13.5. The van der Waals surface area contributed by atoms with Crippen molar-refractivity contribution in [3.63, 3.8) is 0 Å². The first kappa shape index (κ1) is 16.1. The van der Waals surface area contributed by atoms with Crippen molar-refractivity contribution in [2.24, 2.45) is 0 Å². The molecule has 128 valence electrons. The monoisotopic (exact) mass is 354 g/mol. The average Bonchev–Trinajstić information content (AvgIpc) is 3.07. The predicted octanol–water partition coefficient (Wildman–Crippen LogP) is 2.64. The summed E-state index contributed by atoms with van der Waals surface area (Å²) in [7, 11) is -3.59. The van der Waals surface area contributed by atoms with Gasteiger partial charge in [-0.05, 0) is 30.7 Å². The fourth-order valence-corrected chi connectivity index (χ4v) is 4.48. The van der Waals surface area contributed by atoms with Gasteiger partial charge in [0.1, 0.15) is 0 Å². The molecule has 1 aromatic heterocycles. The van der Waals surface area contributed by atoms with Gasteiger partial charge in [0.15, 0.2) is 0 Å². The molecule has 2 heterocycles. The molecule has 1 saturated heterocycles. The van der Waals surface area contributed by atoms with E-state index in [1.54, 1.807) is 36.4 Å². The van der Waals surface area contributed by atoms with Gasteiger partial charge in [0.25, 0.3) is 0 Å². The Morgan fingerprint density at radius 3 is 2.56 bits per heavy atom. The topological polar surface area (TPSA) is 70.5 Å². The number of sulfone groups is 1. The van der Waals surface area contributed by atoms with Crippen molar-refractivity contribution in [3.8, 4) is 0 Å². The molecule has 1 aliphatic rings. The molecule has 4 rings (SSSR count). The molecule has 1 aliphatic heterocycles. The van der Waals surface area contributed by atoms with Gasteiger partial charge in [-0.15, -0.1) is 0 Å². The lowest BCUT2D eigenvalue weighted by Crippen LogP contribution is -2.21. The molecule has 0 unspecified atom stereocenters. The molecule has 1 fully saturated rings. The molecule has 0 aliphatic carbocycles. The molecular formula is C19H18N2O3S. The lowest BCUT2D eigenvalue weighted by Gasteiger charge is -2.19. The van der Waals surface area contributed by atoms with E-state index in [4.69, 9.17) is 0 Å². The number of para-hydroxylation sites is 1. The number of hydrogen-bond donors (Lipinski definition) is 1. The van der Waals surface area contributed by atoms with Gasteiger partial charge in [-0.25, -0.2) is 8.42 Å². The first-order chi connectivity index (χ1) is 12.1. The summed E-state index contributed by atoms with van der Waals surface area (Å²) in [4.78, 5) is 6.97. The van der Waals surface area contributed by atoms with Crippen molar-refractivity contribution in [1.82, 2.24) is 4.98 Å². The van der Waals surface area contributed by atoms with Gasteiger partial charge in [-0.3, -0.25) is 4.98 Å². The second-order valence-corrected chi connectivity index (χ2v) is 8.17. The van der Waals surface area contributed by atoms with Gasteiger partial charge in [-0.2, -0.15) is 0 Å². The van der Waals surface area contributed by atoms with E-state index < -0.39 is 9.84 Å². The highest BCUT2D eigenvalue weighted by molar-refractivity contribution is 7.91.